The van der Waals surface area contributed by atoms with Gasteiger partial charge in [0, 0.05) is 24.9 Å². The molecule has 0 fully saturated rings. The van der Waals surface area contributed by atoms with Crippen LogP contribution in [0.2, 0.25) is 0 Å². The molecule has 0 bridgehead atoms. The van der Waals surface area contributed by atoms with E-state index in [2.05, 4.69) is 0 Å². The number of carbonyl (C=O) groups is 1. The van der Waals surface area contributed by atoms with Gasteiger partial charge in [-0.3, -0.25) is 14.9 Å². The molecule has 0 saturated carbocycles. The van der Waals surface area contributed by atoms with Crippen molar-refractivity contribution < 1.29 is 14.1 Å². The van der Waals surface area contributed by atoms with Gasteiger partial charge in [-0.05, 0) is 18.2 Å². The van der Waals surface area contributed by atoms with E-state index in [1.807, 2.05) is 0 Å². The van der Waals surface area contributed by atoms with Crippen LogP contribution in [0, 0.1) is 15.9 Å². The minimum Gasteiger partial charge on any atom is -0.311 e. The van der Waals surface area contributed by atoms with Crippen molar-refractivity contribution in [2.75, 3.05) is 11.9 Å². The summed E-state index contributed by atoms with van der Waals surface area (Å²) in [5, 5.41) is 10.7. The highest BCUT2D eigenvalue weighted by molar-refractivity contribution is 6.06. The number of para-hydroxylation sites is 1. The first-order valence-electron chi connectivity index (χ1n) is 5.78. The van der Waals surface area contributed by atoms with Crippen LogP contribution in [-0.2, 0) is 0 Å². The highest BCUT2D eigenvalue weighted by Gasteiger charge is 2.20. The highest BCUT2D eigenvalue weighted by atomic mass is 19.1. The van der Waals surface area contributed by atoms with Gasteiger partial charge in [0.1, 0.15) is 5.82 Å². The van der Waals surface area contributed by atoms with Gasteiger partial charge in [0.2, 0.25) is 0 Å². The lowest BCUT2D eigenvalue weighted by atomic mass is 10.1. The van der Waals surface area contributed by atoms with Crippen LogP contribution in [0.5, 0.6) is 0 Å². The molecule has 5 nitrogen and oxygen atoms in total. The van der Waals surface area contributed by atoms with Gasteiger partial charge in [-0.1, -0.05) is 18.2 Å². The number of nitrogens with zero attached hydrogens (tertiary/aromatic N) is 2. The Morgan fingerprint density at radius 3 is 2.45 bits per heavy atom. The van der Waals surface area contributed by atoms with Crippen LogP contribution >= 0.6 is 0 Å². The smallest absolute Gasteiger partial charge is 0.270 e. The van der Waals surface area contributed by atoms with E-state index in [0.717, 1.165) is 18.2 Å². The number of benzene rings is 2. The SMILES string of the molecule is CN(C(=O)c1cc([N+](=O)[O-])ccc1F)c1ccccc1. The van der Waals surface area contributed by atoms with Gasteiger partial charge in [0.05, 0.1) is 10.5 Å². The van der Waals surface area contributed by atoms with Crippen LogP contribution < -0.4 is 4.90 Å². The Labute approximate surface area is 114 Å². The molecule has 0 aromatic heterocycles. The number of nitro benzene ring substituents is 1. The number of anilines is 1. The van der Waals surface area contributed by atoms with Crippen LogP contribution in [0.25, 0.3) is 0 Å². The molecule has 6 heteroatoms. The third kappa shape index (κ3) is 2.64. The number of hydrogen-bond acceptors (Lipinski definition) is 3. The Kier molecular flexibility index (Phi) is 3.74. The monoisotopic (exact) mass is 274 g/mol. The van der Waals surface area contributed by atoms with Crippen molar-refractivity contribution >= 4 is 17.3 Å². The maximum atomic E-state index is 13.7. The fourth-order valence-electron chi connectivity index (χ4n) is 1.74. The van der Waals surface area contributed by atoms with Gasteiger partial charge in [0.25, 0.3) is 11.6 Å². The molecule has 0 aliphatic carbocycles. The molecule has 1 amide bonds. The molecular weight excluding hydrogens is 263 g/mol. The Morgan fingerprint density at radius 2 is 1.85 bits per heavy atom. The van der Waals surface area contributed by atoms with Crippen molar-refractivity contribution in [2.24, 2.45) is 0 Å². The first-order chi connectivity index (χ1) is 9.50. The number of non-ortho nitro benzene ring substituents is 1. The summed E-state index contributed by atoms with van der Waals surface area (Å²) in [5.74, 6) is -1.43. The third-order valence-electron chi connectivity index (χ3n) is 2.84. The minimum absolute atomic E-state index is 0.323. The summed E-state index contributed by atoms with van der Waals surface area (Å²) in [6.45, 7) is 0. The summed E-state index contributed by atoms with van der Waals surface area (Å²) < 4.78 is 13.7. The topological polar surface area (TPSA) is 63.5 Å². The number of rotatable bonds is 3. The number of nitro groups is 1. The lowest BCUT2D eigenvalue weighted by molar-refractivity contribution is -0.384. The van der Waals surface area contributed by atoms with Crippen molar-refractivity contribution in [3.8, 4) is 0 Å². The second kappa shape index (κ2) is 5.48. The molecule has 0 heterocycles. The molecule has 102 valence electrons. The molecule has 20 heavy (non-hydrogen) atoms. The maximum Gasteiger partial charge on any atom is 0.270 e. The van der Waals surface area contributed by atoms with Gasteiger partial charge in [-0.15, -0.1) is 0 Å². The van der Waals surface area contributed by atoms with E-state index in [1.165, 1.54) is 11.9 Å². The minimum atomic E-state index is -0.789. The molecule has 0 saturated heterocycles. The summed E-state index contributed by atoms with van der Waals surface area (Å²) in [6, 6.07) is 11.5. The van der Waals surface area contributed by atoms with Crippen LogP contribution in [-0.4, -0.2) is 17.9 Å². The number of amides is 1. The van der Waals surface area contributed by atoms with E-state index in [9.17, 15) is 19.3 Å². The highest BCUT2D eigenvalue weighted by Crippen LogP contribution is 2.20. The summed E-state index contributed by atoms with van der Waals surface area (Å²) in [6.07, 6.45) is 0. The zero-order valence-electron chi connectivity index (χ0n) is 10.6. The summed E-state index contributed by atoms with van der Waals surface area (Å²) in [4.78, 5) is 23.5. The normalized spacial score (nSPS) is 10.1. The fraction of sp³-hybridized carbons (Fsp3) is 0.0714. The van der Waals surface area contributed by atoms with Gasteiger partial charge < -0.3 is 4.90 Å². The van der Waals surface area contributed by atoms with Crippen LogP contribution in [0.1, 0.15) is 10.4 Å². The summed E-state index contributed by atoms with van der Waals surface area (Å²) >= 11 is 0. The second-order valence-electron chi connectivity index (χ2n) is 4.12. The molecule has 0 spiro atoms. The van der Waals surface area contributed by atoms with E-state index in [1.54, 1.807) is 30.3 Å². The van der Waals surface area contributed by atoms with Crippen molar-refractivity contribution in [2.45, 2.75) is 0 Å². The average molecular weight is 274 g/mol. The molecule has 0 aliphatic rings. The predicted molar refractivity (Wildman–Crippen MR) is 72.2 cm³/mol. The second-order valence-corrected chi connectivity index (χ2v) is 4.12. The predicted octanol–water partition coefficient (Wildman–Crippen LogP) is 3.01. The number of hydrogen-bond donors (Lipinski definition) is 0. The number of halogens is 1. The van der Waals surface area contributed by atoms with E-state index >= 15 is 0 Å². The lowest BCUT2D eigenvalue weighted by Gasteiger charge is -2.17. The fourth-order valence-corrected chi connectivity index (χ4v) is 1.74. The molecule has 0 radical (unpaired) electrons. The molecule has 0 unspecified atom stereocenters. The Morgan fingerprint density at radius 1 is 1.20 bits per heavy atom. The largest absolute Gasteiger partial charge is 0.311 e. The number of carbonyl (C=O) groups excluding carboxylic acids is 1. The van der Waals surface area contributed by atoms with Crippen LogP contribution in [0.15, 0.2) is 48.5 Å². The average Bonchev–Trinajstić information content (AvgIpc) is 2.47. The van der Waals surface area contributed by atoms with Crippen molar-refractivity contribution in [1.29, 1.82) is 0 Å². The molecule has 0 atom stereocenters. The standard InChI is InChI=1S/C14H11FN2O3/c1-16(10-5-3-2-4-6-10)14(18)12-9-11(17(19)20)7-8-13(12)15/h2-9H,1H3. The molecule has 0 N–H and O–H groups in total. The summed E-state index contributed by atoms with van der Waals surface area (Å²) in [5.41, 5.74) is -0.0785. The molecule has 0 aliphatic heterocycles. The molecule has 2 aromatic carbocycles. The Hall–Kier alpha value is -2.76. The van der Waals surface area contributed by atoms with Crippen LogP contribution in [0.3, 0.4) is 0 Å². The first kappa shape index (κ1) is 13.7. The lowest BCUT2D eigenvalue weighted by Crippen LogP contribution is -2.27. The first-order valence-corrected chi connectivity index (χ1v) is 5.78. The van der Waals surface area contributed by atoms with Crippen molar-refractivity contribution in [3.63, 3.8) is 0 Å². The zero-order chi connectivity index (χ0) is 14.7. The molecule has 2 aromatic rings. The van der Waals surface area contributed by atoms with Gasteiger partial charge in [-0.25, -0.2) is 4.39 Å². The summed E-state index contributed by atoms with van der Waals surface area (Å²) in [7, 11) is 1.48. The Bertz CT molecular complexity index is 659. The van der Waals surface area contributed by atoms with E-state index in [-0.39, 0.29) is 11.3 Å². The maximum absolute atomic E-state index is 13.7. The Balaban J connectivity index is 2.38. The van der Waals surface area contributed by atoms with Crippen LogP contribution in [0.4, 0.5) is 15.8 Å². The molecule has 2 rings (SSSR count). The zero-order valence-corrected chi connectivity index (χ0v) is 10.6. The van der Waals surface area contributed by atoms with E-state index in [0.29, 0.717) is 5.69 Å². The van der Waals surface area contributed by atoms with E-state index < -0.39 is 16.6 Å². The van der Waals surface area contributed by atoms with Gasteiger partial charge >= 0.3 is 0 Å². The van der Waals surface area contributed by atoms with Gasteiger partial charge in [-0.2, -0.15) is 0 Å². The quantitative estimate of drug-likeness (QED) is 0.638. The van der Waals surface area contributed by atoms with Crippen molar-refractivity contribution in [1.82, 2.24) is 0 Å². The van der Waals surface area contributed by atoms with Gasteiger partial charge in [0.15, 0.2) is 0 Å². The van der Waals surface area contributed by atoms with E-state index in [4.69, 9.17) is 0 Å². The third-order valence-corrected chi connectivity index (χ3v) is 2.84. The molecular formula is C14H11FN2O3. The van der Waals surface area contributed by atoms with Crippen molar-refractivity contribution in [3.05, 3.63) is 70.0 Å².